The largest absolute Gasteiger partial charge is 0.394 e. The van der Waals surface area contributed by atoms with Crippen LogP contribution < -0.4 is 5.32 Å². The molecule has 0 aromatic heterocycles. The zero-order valence-corrected chi connectivity index (χ0v) is 6.13. The van der Waals surface area contributed by atoms with E-state index in [0.717, 1.165) is 12.8 Å². The summed E-state index contributed by atoms with van der Waals surface area (Å²) in [5.74, 6) is 0.343. The fourth-order valence-corrected chi connectivity index (χ4v) is 0.752. The third-order valence-electron chi connectivity index (χ3n) is 1.61. The Balaban J connectivity index is 2.16. The minimum absolute atomic E-state index is 0.0262. The molecular weight excluding hydrogens is 130 g/mol. The topological polar surface area (TPSA) is 49.3 Å². The average Bonchev–Trinajstić information content (AvgIpc) is 2.68. The van der Waals surface area contributed by atoms with Crippen molar-refractivity contribution in [1.29, 1.82) is 0 Å². The van der Waals surface area contributed by atoms with Gasteiger partial charge in [-0.25, -0.2) is 0 Å². The Morgan fingerprint density at radius 1 is 1.80 bits per heavy atom. The predicted octanol–water partition coefficient (Wildman–Crippen LogP) is -0.107. The molecule has 0 radical (unpaired) electrons. The highest BCUT2D eigenvalue weighted by Gasteiger charge is 2.29. The third-order valence-corrected chi connectivity index (χ3v) is 1.61. The summed E-state index contributed by atoms with van der Waals surface area (Å²) < 4.78 is 0. The van der Waals surface area contributed by atoms with E-state index in [2.05, 4.69) is 5.32 Å². The molecule has 1 aliphatic rings. The molecule has 1 atom stereocenters. The minimum Gasteiger partial charge on any atom is -0.394 e. The number of aliphatic hydroxyl groups excluding tert-OH is 1. The summed E-state index contributed by atoms with van der Waals surface area (Å²) in [5, 5.41) is 11.3. The van der Waals surface area contributed by atoms with Gasteiger partial charge in [0.2, 0.25) is 5.91 Å². The van der Waals surface area contributed by atoms with Crippen LogP contribution in [0.25, 0.3) is 0 Å². The monoisotopic (exact) mass is 143 g/mol. The smallest absolute Gasteiger partial charge is 0.223 e. The SMILES string of the molecule is C[C@@H](CO)NC(=O)C1CC1. The maximum atomic E-state index is 11.0. The van der Waals surface area contributed by atoms with E-state index >= 15 is 0 Å². The molecule has 0 bridgehead atoms. The van der Waals surface area contributed by atoms with Gasteiger partial charge in [-0.2, -0.15) is 0 Å². The fourth-order valence-electron chi connectivity index (χ4n) is 0.752. The first-order valence-corrected chi connectivity index (χ1v) is 3.65. The first-order valence-electron chi connectivity index (χ1n) is 3.65. The lowest BCUT2D eigenvalue weighted by Gasteiger charge is -2.09. The van der Waals surface area contributed by atoms with Crippen LogP contribution in [0.2, 0.25) is 0 Å². The lowest BCUT2D eigenvalue weighted by Crippen LogP contribution is -2.35. The van der Waals surface area contributed by atoms with E-state index in [1.54, 1.807) is 6.92 Å². The van der Waals surface area contributed by atoms with Crippen LogP contribution >= 0.6 is 0 Å². The second-order valence-electron chi connectivity index (χ2n) is 2.87. The van der Waals surface area contributed by atoms with Gasteiger partial charge in [0.25, 0.3) is 0 Å². The number of nitrogens with one attached hydrogen (secondary N) is 1. The van der Waals surface area contributed by atoms with Crippen molar-refractivity contribution in [2.45, 2.75) is 25.8 Å². The first-order chi connectivity index (χ1) is 4.74. The molecule has 0 aromatic rings. The van der Waals surface area contributed by atoms with Gasteiger partial charge in [0.1, 0.15) is 0 Å². The zero-order valence-electron chi connectivity index (χ0n) is 6.13. The number of aliphatic hydroxyl groups is 1. The molecule has 0 spiro atoms. The van der Waals surface area contributed by atoms with Gasteiger partial charge < -0.3 is 10.4 Å². The fraction of sp³-hybridized carbons (Fsp3) is 0.857. The standard InChI is InChI=1S/C7H13NO2/c1-5(4-9)8-7(10)6-2-3-6/h5-6,9H,2-4H2,1H3,(H,8,10)/t5-/m0/s1. The number of carbonyl (C=O) groups is 1. The molecule has 0 unspecified atom stereocenters. The molecule has 1 fully saturated rings. The summed E-state index contributed by atoms with van der Waals surface area (Å²) in [7, 11) is 0. The van der Waals surface area contributed by atoms with E-state index in [9.17, 15) is 4.79 Å². The highest BCUT2D eigenvalue weighted by Crippen LogP contribution is 2.28. The molecule has 0 aromatic carbocycles. The Morgan fingerprint density at radius 2 is 2.40 bits per heavy atom. The lowest BCUT2D eigenvalue weighted by molar-refractivity contribution is -0.123. The van der Waals surface area contributed by atoms with E-state index in [-0.39, 0.29) is 24.5 Å². The number of hydrogen-bond acceptors (Lipinski definition) is 2. The number of rotatable bonds is 3. The van der Waals surface area contributed by atoms with Gasteiger partial charge in [0.15, 0.2) is 0 Å². The van der Waals surface area contributed by atoms with E-state index in [4.69, 9.17) is 5.11 Å². The van der Waals surface area contributed by atoms with Crippen molar-refractivity contribution in [1.82, 2.24) is 5.32 Å². The molecular formula is C7H13NO2. The molecule has 1 rings (SSSR count). The Bertz CT molecular complexity index is 132. The van der Waals surface area contributed by atoms with Crippen LogP contribution in [-0.2, 0) is 4.79 Å². The summed E-state index contributed by atoms with van der Waals surface area (Å²) in [6.07, 6.45) is 2.04. The van der Waals surface area contributed by atoms with E-state index < -0.39 is 0 Å². The number of carbonyl (C=O) groups excluding carboxylic acids is 1. The molecule has 10 heavy (non-hydrogen) atoms. The summed E-state index contributed by atoms with van der Waals surface area (Å²) >= 11 is 0. The maximum Gasteiger partial charge on any atom is 0.223 e. The second kappa shape index (κ2) is 3.01. The molecule has 3 heteroatoms. The quantitative estimate of drug-likeness (QED) is 0.579. The van der Waals surface area contributed by atoms with Crippen LogP contribution in [0.15, 0.2) is 0 Å². The minimum atomic E-state index is -0.0897. The number of amides is 1. The Morgan fingerprint density at radius 3 is 2.80 bits per heavy atom. The van der Waals surface area contributed by atoms with Crippen molar-refractivity contribution in [3.8, 4) is 0 Å². The summed E-state index contributed by atoms with van der Waals surface area (Å²) in [6, 6.07) is -0.0897. The van der Waals surface area contributed by atoms with Crippen LogP contribution in [0.4, 0.5) is 0 Å². The highest BCUT2D eigenvalue weighted by molar-refractivity contribution is 5.81. The zero-order chi connectivity index (χ0) is 7.56. The Labute approximate surface area is 60.4 Å². The molecule has 1 saturated carbocycles. The van der Waals surface area contributed by atoms with Crippen LogP contribution in [0, 0.1) is 5.92 Å². The van der Waals surface area contributed by atoms with Crippen molar-refractivity contribution < 1.29 is 9.90 Å². The molecule has 3 nitrogen and oxygen atoms in total. The van der Waals surface area contributed by atoms with Crippen molar-refractivity contribution in [3.05, 3.63) is 0 Å². The maximum absolute atomic E-state index is 11.0. The van der Waals surface area contributed by atoms with Gasteiger partial charge in [-0.15, -0.1) is 0 Å². The normalized spacial score (nSPS) is 20.2. The van der Waals surface area contributed by atoms with Gasteiger partial charge in [-0.1, -0.05) is 0 Å². The van der Waals surface area contributed by atoms with Gasteiger partial charge in [-0.05, 0) is 19.8 Å². The first kappa shape index (κ1) is 7.54. The summed E-state index contributed by atoms with van der Waals surface area (Å²) in [5.41, 5.74) is 0. The average molecular weight is 143 g/mol. The summed E-state index contributed by atoms with van der Waals surface area (Å²) in [6.45, 7) is 1.82. The highest BCUT2D eigenvalue weighted by atomic mass is 16.3. The van der Waals surface area contributed by atoms with Crippen LogP contribution in [0.5, 0.6) is 0 Å². The van der Waals surface area contributed by atoms with Crippen LogP contribution in [0.3, 0.4) is 0 Å². The van der Waals surface area contributed by atoms with Gasteiger partial charge in [0.05, 0.1) is 6.61 Å². The predicted molar refractivity (Wildman–Crippen MR) is 37.4 cm³/mol. The van der Waals surface area contributed by atoms with Crippen molar-refractivity contribution in [2.75, 3.05) is 6.61 Å². The van der Waals surface area contributed by atoms with Crippen LogP contribution in [0.1, 0.15) is 19.8 Å². The van der Waals surface area contributed by atoms with Gasteiger partial charge in [0, 0.05) is 12.0 Å². The molecule has 0 saturated heterocycles. The molecule has 1 aliphatic carbocycles. The van der Waals surface area contributed by atoms with Crippen LogP contribution in [-0.4, -0.2) is 23.7 Å². The van der Waals surface area contributed by atoms with E-state index in [1.165, 1.54) is 0 Å². The van der Waals surface area contributed by atoms with E-state index in [0.29, 0.717) is 0 Å². The van der Waals surface area contributed by atoms with Gasteiger partial charge in [-0.3, -0.25) is 4.79 Å². The van der Waals surface area contributed by atoms with Crippen molar-refractivity contribution in [2.24, 2.45) is 5.92 Å². The molecule has 58 valence electrons. The van der Waals surface area contributed by atoms with E-state index in [1.807, 2.05) is 0 Å². The molecule has 0 aliphatic heterocycles. The third kappa shape index (κ3) is 1.99. The Hall–Kier alpha value is -0.570. The molecule has 0 heterocycles. The summed E-state index contributed by atoms with van der Waals surface area (Å²) in [4.78, 5) is 11.0. The molecule has 1 amide bonds. The van der Waals surface area contributed by atoms with Crippen molar-refractivity contribution >= 4 is 5.91 Å². The second-order valence-corrected chi connectivity index (χ2v) is 2.87. The van der Waals surface area contributed by atoms with Gasteiger partial charge >= 0.3 is 0 Å². The lowest BCUT2D eigenvalue weighted by atomic mass is 10.3. The molecule has 2 N–H and O–H groups in total. The number of hydrogen-bond donors (Lipinski definition) is 2. The van der Waals surface area contributed by atoms with Crippen molar-refractivity contribution in [3.63, 3.8) is 0 Å². The Kier molecular flexibility index (Phi) is 2.27.